The highest BCUT2D eigenvalue weighted by Gasteiger charge is 2.46. The van der Waals surface area contributed by atoms with E-state index >= 15 is 0 Å². The Kier molecular flexibility index (Phi) is 2.29. The van der Waals surface area contributed by atoms with Crippen molar-refractivity contribution < 1.29 is 4.74 Å². The molecule has 0 aromatic rings. The second kappa shape index (κ2) is 3.49. The number of hydrogen-bond donors (Lipinski definition) is 1. The SMILES string of the molecule is C1CC(CNC2CC2)(C2CC2)CCO1. The first-order valence-corrected chi connectivity index (χ1v) is 6.20. The molecule has 0 aromatic heterocycles. The first-order valence-electron chi connectivity index (χ1n) is 6.20. The van der Waals surface area contributed by atoms with Crippen molar-refractivity contribution in [3.05, 3.63) is 0 Å². The topological polar surface area (TPSA) is 21.3 Å². The molecule has 80 valence electrons. The first kappa shape index (κ1) is 9.17. The molecule has 0 unspecified atom stereocenters. The summed E-state index contributed by atoms with van der Waals surface area (Å²) < 4.78 is 5.50. The highest BCUT2D eigenvalue weighted by atomic mass is 16.5. The van der Waals surface area contributed by atoms with E-state index in [9.17, 15) is 0 Å². The second-order valence-electron chi connectivity index (χ2n) is 5.40. The third kappa shape index (κ3) is 1.82. The van der Waals surface area contributed by atoms with Crippen LogP contribution >= 0.6 is 0 Å². The Morgan fingerprint density at radius 2 is 1.79 bits per heavy atom. The van der Waals surface area contributed by atoms with Crippen molar-refractivity contribution in [2.75, 3.05) is 19.8 Å². The van der Waals surface area contributed by atoms with Gasteiger partial charge in [0, 0.05) is 25.8 Å². The van der Waals surface area contributed by atoms with Crippen LogP contribution in [0.3, 0.4) is 0 Å². The third-order valence-corrected chi connectivity index (χ3v) is 4.25. The van der Waals surface area contributed by atoms with E-state index in [1.807, 2.05) is 0 Å². The maximum absolute atomic E-state index is 5.50. The summed E-state index contributed by atoms with van der Waals surface area (Å²) in [6.45, 7) is 3.28. The smallest absolute Gasteiger partial charge is 0.0471 e. The van der Waals surface area contributed by atoms with Gasteiger partial charge in [-0.1, -0.05) is 0 Å². The van der Waals surface area contributed by atoms with Crippen molar-refractivity contribution in [3.63, 3.8) is 0 Å². The largest absolute Gasteiger partial charge is 0.381 e. The third-order valence-electron chi connectivity index (χ3n) is 4.25. The Morgan fingerprint density at radius 3 is 2.36 bits per heavy atom. The number of ether oxygens (including phenoxy) is 1. The highest BCUT2D eigenvalue weighted by Crippen LogP contribution is 2.51. The molecule has 0 amide bonds. The highest BCUT2D eigenvalue weighted by molar-refractivity contribution is 4.98. The van der Waals surface area contributed by atoms with E-state index in [0.717, 1.165) is 25.2 Å². The Bertz CT molecular complexity index is 202. The number of rotatable bonds is 4. The molecule has 1 heterocycles. The molecule has 1 saturated heterocycles. The van der Waals surface area contributed by atoms with Gasteiger partial charge in [0.05, 0.1) is 0 Å². The fourth-order valence-corrected chi connectivity index (χ4v) is 2.84. The van der Waals surface area contributed by atoms with Crippen molar-refractivity contribution in [2.24, 2.45) is 11.3 Å². The summed E-state index contributed by atoms with van der Waals surface area (Å²) >= 11 is 0. The van der Waals surface area contributed by atoms with Gasteiger partial charge in [0.25, 0.3) is 0 Å². The predicted octanol–water partition coefficient (Wildman–Crippen LogP) is 1.95. The normalized spacial score (nSPS) is 31.7. The van der Waals surface area contributed by atoms with Crippen molar-refractivity contribution in [1.82, 2.24) is 5.32 Å². The fraction of sp³-hybridized carbons (Fsp3) is 1.00. The Hall–Kier alpha value is -0.0800. The van der Waals surface area contributed by atoms with E-state index in [1.165, 1.54) is 45.1 Å². The van der Waals surface area contributed by atoms with E-state index in [0.29, 0.717) is 5.41 Å². The fourth-order valence-electron chi connectivity index (χ4n) is 2.84. The molecule has 2 aliphatic carbocycles. The molecule has 14 heavy (non-hydrogen) atoms. The number of nitrogens with one attached hydrogen (secondary N) is 1. The maximum atomic E-state index is 5.50. The van der Waals surface area contributed by atoms with Crippen LogP contribution in [0.5, 0.6) is 0 Å². The monoisotopic (exact) mass is 195 g/mol. The van der Waals surface area contributed by atoms with Crippen molar-refractivity contribution in [2.45, 2.75) is 44.6 Å². The molecule has 1 aliphatic heterocycles. The first-order chi connectivity index (χ1) is 6.89. The van der Waals surface area contributed by atoms with Crippen LogP contribution in [0.4, 0.5) is 0 Å². The van der Waals surface area contributed by atoms with Gasteiger partial charge >= 0.3 is 0 Å². The molecular weight excluding hydrogens is 174 g/mol. The van der Waals surface area contributed by atoms with E-state index in [-0.39, 0.29) is 0 Å². The molecule has 0 radical (unpaired) electrons. The molecule has 0 spiro atoms. The molecule has 0 aromatic carbocycles. The second-order valence-corrected chi connectivity index (χ2v) is 5.40. The summed E-state index contributed by atoms with van der Waals surface area (Å²) in [6, 6.07) is 0.869. The molecule has 3 fully saturated rings. The maximum Gasteiger partial charge on any atom is 0.0471 e. The lowest BCUT2D eigenvalue weighted by atomic mass is 9.75. The van der Waals surface area contributed by atoms with Crippen LogP contribution in [0, 0.1) is 11.3 Å². The molecule has 3 rings (SSSR count). The zero-order valence-corrected chi connectivity index (χ0v) is 8.93. The van der Waals surface area contributed by atoms with Gasteiger partial charge < -0.3 is 10.1 Å². The van der Waals surface area contributed by atoms with Gasteiger partial charge in [0.1, 0.15) is 0 Å². The summed E-state index contributed by atoms with van der Waals surface area (Å²) in [5.41, 5.74) is 0.626. The average molecular weight is 195 g/mol. The minimum absolute atomic E-state index is 0.626. The molecule has 3 aliphatic rings. The Balaban J connectivity index is 1.60. The van der Waals surface area contributed by atoms with Gasteiger partial charge in [-0.2, -0.15) is 0 Å². The Morgan fingerprint density at radius 1 is 1.07 bits per heavy atom. The van der Waals surface area contributed by atoms with E-state index in [1.54, 1.807) is 0 Å². The molecular formula is C12H21NO. The van der Waals surface area contributed by atoms with Gasteiger partial charge in [-0.25, -0.2) is 0 Å². The van der Waals surface area contributed by atoms with Crippen LogP contribution in [-0.2, 0) is 4.74 Å². The van der Waals surface area contributed by atoms with Crippen molar-refractivity contribution in [3.8, 4) is 0 Å². The van der Waals surface area contributed by atoms with Gasteiger partial charge in [-0.05, 0) is 49.9 Å². The molecule has 0 bridgehead atoms. The summed E-state index contributed by atoms with van der Waals surface area (Å²) in [6.07, 6.45) is 8.39. The quantitative estimate of drug-likeness (QED) is 0.740. The standard InChI is InChI=1S/C12H21NO/c1-2-10(1)12(5-7-14-8-6-12)9-13-11-3-4-11/h10-11,13H,1-9H2. The molecule has 2 nitrogen and oxygen atoms in total. The molecule has 2 heteroatoms. The zero-order chi connectivity index (χ0) is 9.43. The number of hydrogen-bond acceptors (Lipinski definition) is 2. The lowest BCUT2D eigenvalue weighted by Crippen LogP contribution is -2.41. The van der Waals surface area contributed by atoms with Gasteiger partial charge in [0.2, 0.25) is 0 Å². The van der Waals surface area contributed by atoms with Gasteiger partial charge in [-0.3, -0.25) is 0 Å². The van der Waals surface area contributed by atoms with E-state index in [4.69, 9.17) is 4.74 Å². The van der Waals surface area contributed by atoms with Crippen LogP contribution in [0.15, 0.2) is 0 Å². The summed E-state index contributed by atoms with van der Waals surface area (Å²) in [4.78, 5) is 0. The predicted molar refractivity (Wildman–Crippen MR) is 56.2 cm³/mol. The van der Waals surface area contributed by atoms with Crippen LogP contribution in [0.25, 0.3) is 0 Å². The van der Waals surface area contributed by atoms with Crippen molar-refractivity contribution >= 4 is 0 Å². The summed E-state index contributed by atoms with van der Waals surface area (Å²) in [5.74, 6) is 1.03. The minimum atomic E-state index is 0.626. The van der Waals surface area contributed by atoms with Gasteiger partial charge in [-0.15, -0.1) is 0 Å². The average Bonchev–Trinajstić information content (AvgIpc) is 3.06. The molecule has 1 N–H and O–H groups in total. The van der Waals surface area contributed by atoms with E-state index < -0.39 is 0 Å². The molecule has 2 saturated carbocycles. The lowest BCUT2D eigenvalue weighted by molar-refractivity contribution is 0.00280. The summed E-state index contributed by atoms with van der Waals surface area (Å²) in [5, 5.41) is 3.73. The van der Waals surface area contributed by atoms with Crippen LogP contribution in [0.2, 0.25) is 0 Å². The summed E-state index contributed by atoms with van der Waals surface area (Å²) in [7, 11) is 0. The van der Waals surface area contributed by atoms with Gasteiger partial charge in [0.15, 0.2) is 0 Å². The molecule has 0 atom stereocenters. The Labute approximate surface area is 86.4 Å². The van der Waals surface area contributed by atoms with Crippen LogP contribution in [-0.4, -0.2) is 25.8 Å². The van der Waals surface area contributed by atoms with Crippen molar-refractivity contribution in [1.29, 1.82) is 0 Å². The zero-order valence-electron chi connectivity index (χ0n) is 8.93. The lowest BCUT2D eigenvalue weighted by Gasteiger charge is -2.38. The van der Waals surface area contributed by atoms with Crippen LogP contribution < -0.4 is 5.32 Å². The minimum Gasteiger partial charge on any atom is -0.381 e. The van der Waals surface area contributed by atoms with Crippen LogP contribution in [0.1, 0.15) is 38.5 Å². The van der Waals surface area contributed by atoms with E-state index in [2.05, 4.69) is 5.32 Å².